The van der Waals surface area contributed by atoms with Gasteiger partial charge in [0.1, 0.15) is 11.0 Å². The molecule has 0 unspecified atom stereocenters. The van der Waals surface area contributed by atoms with E-state index in [1.165, 1.54) is 0 Å². The quantitative estimate of drug-likeness (QED) is 0.0897. The predicted molar refractivity (Wildman–Crippen MR) is 425 cm³/mol. The minimum Gasteiger partial charge on any atom is -0.330 e. The molecule has 13 aromatic carbocycles. The number of nitrogens with zero attached hydrogens (tertiary/aromatic N) is 7. The molecule has 0 aliphatic rings. The summed E-state index contributed by atoms with van der Waals surface area (Å²) in [5, 5.41) is 9.76. The van der Waals surface area contributed by atoms with Gasteiger partial charge in [-0.1, -0.05) is 176 Å². The summed E-state index contributed by atoms with van der Waals surface area (Å²) in [7, 11) is 0. The van der Waals surface area contributed by atoms with Crippen LogP contribution < -0.4 is 0 Å². The summed E-state index contributed by atoms with van der Waals surface area (Å²) in [5.41, 5.74) is 31.6. The summed E-state index contributed by atoms with van der Waals surface area (Å²) in [4.78, 5) is 21.8. The van der Waals surface area contributed by atoms with Gasteiger partial charge < -0.3 is 32.1 Å². The second-order valence-electron chi connectivity index (χ2n) is 25.7. The second kappa shape index (κ2) is 30.8. The third-order valence-corrected chi connectivity index (χ3v) is 19.2. The normalized spacial score (nSPS) is 11.0. The molecular weight excluding hydrogens is 1660 g/mol. The van der Waals surface area contributed by atoms with E-state index in [0.29, 0.717) is 5.69 Å². The Labute approximate surface area is 649 Å². The van der Waals surface area contributed by atoms with Gasteiger partial charge in [-0.3, -0.25) is 12.1 Å². The molecule has 5 aromatic heterocycles. The number of hydrogen-bond acceptors (Lipinski definition) is 6. The summed E-state index contributed by atoms with van der Waals surface area (Å²) in [6.45, 7) is 0. The molecule has 0 N–H and O–H groups in total. The van der Waals surface area contributed by atoms with Crippen LogP contribution in [0.2, 0.25) is 0 Å². The summed E-state index contributed by atoms with van der Waals surface area (Å²) in [6.07, 6.45) is 7.91. The number of pyridine rings is 4. The topological polar surface area (TPSA) is 82.3 Å². The molecule has 0 aliphatic heterocycles. The molecule has 0 atom stereocenters. The Bertz CT molecular complexity index is 5510. The Balaban J connectivity index is 0.00000438. The van der Waals surface area contributed by atoms with E-state index in [4.69, 9.17) is 30.1 Å². The first-order chi connectivity index (χ1) is 52.0. The second-order valence-corrected chi connectivity index (χ2v) is 25.7. The third kappa shape index (κ3) is 14.1. The van der Waals surface area contributed by atoms with Crippen LogP contribution in [-0.4, -0.2) is 34.9 Å². The van der Waals surface area contributed by atoms with Gasteiger partial charge in [-0.15, -0.1) is 149 Å². The summed E-state index contributed by atoms with van der Waals surface area (Å²) in [5.74, 6) is 0. The zero-order chi connectivity index (χ0) is 69.8. The van der Waals surface area contributed by atoms with E-state index in [1.807, 2.05) is 146 Å². The summed E-state index contributed by atoms with van der Waals surface area (Å²) >= 11 is 0. The molecule has 0 aliphatic carbocycles. The van der Waals surface area contributed by atoms with E-state index in [2.05, 4.69) is 249 Å². The van der Waals surface area contributed by atoms with Crippen molar-refractivity contribution in [1.82, 2.24) is 34.9 Å². The molecule has 0 amide bonds. The van der Waals surface area contributed by atoms with Crippen LogP contribution in [0, 0.1) is 36.4 Å². The summed E-state index contributed by atoms with van der Waals surface area (Å²) in [6, 6.07) is 137. The standard InChI is InChI=1S/C98H59N7.2Ir/c1-5-24-66(25-6-1)92-52-46-71(62-99-92)82-32-13-17-36-86(82)75-56-76(87-37-18-14-33-83(87)72-47-53-93(100-63-72)67-26-7-2-8-27-67)59-79(58-75)90-40-23-41-91(98(90)70-44-50-81(51-45-70)105-103-96-42-21-22-43-97(96)104-105)80-60-77(88-38-19-15-34-84(88)73-48-54-94(101-64-73)68-28-9-3-10-29-68)57-78(61-80)89-39-20-16-35-85(89)74-49-55-95(102-65-74)69-30-11-4-12-31-69;;/h1-24,26,28,30,32-49,52-65H;;/q-6;2*+3. The zero-order valence-electron chi connectivity index (χ0n) is 57.4. The number of fused-ring (bicyclic) bond motifs is 1. The van der Waals surface area contributed by atoms with Gasteiger partial charge in [0.15, 0.2) is 0 Å². The minimum atomic E-state index is 0. The maximum Gasteiger partial charge on any atom is 3.00 e. The monoisotopic (exact) mass is 1720 g/mol. The van der Waals surface area contributed by atoms with Crippen LogP contribution >= 0.6 is 0 Å². The van der Waals surface area contributed by atoms with Crippen molar-refractivity contribution in [3.63, 3.8) is 0 Å². The molecule has 107 heavy (non-hydrogen) atoms. The first-order valence-corrected chi connectivity index (χ1v) is 34.9. The molecule has 0 saturated carbocycles. The average molecular weight is 1720 g/mol. The van der Waals surface area contributed by atoms with Crippen molar-refractivity contribution in [2.75, 3.05) is 0 Å². The molecule has 0 bridgehead atoms. The van der Waals surface area contributed by atoms with Gasteiger partial charge in [0, 0.05) is 24.8 Å². The number of benzene rings is 13. The van der Waals surface area contributed by atoms with E-state index < -0.39 is 0 Å². The van der Waals surface area contributed by atoms with Gasteiger partial charge in [-0.2, -0.15) is 20.7 Å². The smallest absolute Gasteiger partial charge is 0.330 e. The fourth-order valence-corrected chi connectivity index (χ4v) is 14.1. The molecule has 504 valence electrons. The van der Waals surface area contributed by atoms with Gasteiger partial charge in [-0.25, -0.2) is 5.56 Å². The van der Waals surface area contributed by atoms with E-state index in [1.54, 1.807) is 4.80 Å². The van der Waals surface area contributed by atoms with Crippen molar-refractivity contribution in [2.24, 2.45) is 0 Å². The van der Waals surface area contributed by atoms with Crippen molar-refractivity contribution in [3.8, 4) is 173 Å². The Morgan fingerprint density at radius 1 is 0.215 bits per heavy atom. The Morgan fingerprint density at radius 2 is 0.467 bits per heavy atom. The number of aromatic nitrogens is 7. The van der Waals surface area contributed by atoms with Crippen LogP contribution in [0.4, 0.5) is 0 Å². The van der Waals surface area contributed by atoms with E-state index in [9.17, 15) is 0 Å². The van der Waals surface area contributed by atoms with Crippen molar-refractivity contribution < 1.29 is 40.2 Å². The van der Waals surface area contributed by atoms with Gasteiger partial charge in [0.05, 0.1) is 0 Å². The van der Waals surface area contributed by atoms with Crippen molar-refractivity contribution in [1.29, 1.82) is 0 Å². The molecule has 0 radical (unpaired) electrons. The molecule has 7 nitrogen and oxygen atoms in total. The Hall–Kier alpha value is -12.8. The molecule has 18 aromatic rings. The summed E-state index contributed by atoms with van der Waals surface area (Å²) < 4.78 is 0. The van der Waals surface area contributed by atoms with Crippen LogP contribution in [0.3, 0.4) is 0 Å². The van der Waals surface area contributed by atoms with Gasteiger partial charge >= 0.3 is 40.2 Å². The van der Waals surface area contributed by atoms with Crippen LogP contribution in [-0.2, 0) is 40.2 Å². The van der Waals surface area contributed by atoms with Crippen LogP contribution in [0.25, 0.3) is 184 Å². The predicted octanol–water partition coefficient (Wildman–Crippen LogP) is 23.8. The van der Waals surface area contributed by atoms with Gasteiger partial charge in [-0.05, 0) is 183 Å². The molecule has 0 saturated heterocycles. The molecule has 0 fully saturated rings. The average Bonchev–Trinajstić information content (AvgIpc) is 1.33. The fraction of sp³-hybridized carbons (Fsp3) is 0. The van der Waals surface area contributed by atoms with Crippen molar-refractivity contribution in [2.45, 2.75) is 0 Å². The number of hydrogen-bond donors (Lipinski definition) is 0. The van der Waals surface area contributed by atoms with Gasteiger partial charge in [0.25, 0.3) is 0 Å². The van der Waals surface area contributed by atoms with Crippen molar-refractivity contribution in [3.05, 3.63) is 395 Å². The molecule has 9 heteroatoms. The minimum absolute atomic E-state index is 0. The largest absolute Gasteiger partial charge is 3.00 e. The Morgan fingerprint density at radius 3 is 0.729 bits per heavy atom. The molecular formula is C98H59Ir2N7. The SMILES string of the molecule is [Ir+3].[Ir+3].[c-]1cc(-c2c(-c3cc(-c4ccccc4-c4ccc(-c5[c-]cccc5)nc4)cc(-c4ccccc4-c4ccc(-c5[c-]cccc5)nc4)c3)cccc2-c2cc(-c3ccccc3-c3ccc(-c4[c-]cccc4)nc3)cc(-c3ccccc3-c3ccc(-c4[c-]cccc4)nc3)c2)c[c-]c1-n1nc2ccccc2n1. The molecule has 5 heterocycles. The fourth-order valence-electron chi connectivity index (χ4n) is 14.1. The maximum atomic E-state index is 5.04. The third-order valence-electron chi connectivity index (χ3n) is 19.2. The molecule has 18 rings (SSSR count). The first kappa shape index (κ1) is 68.6. The molecule has 0 spiro atoms. The van der Waals surface area contributed by atoms with Crippen LogP contribution in [0.5, 0.6) is 0 Å². The maximum absolute atomic E-state index is 5.04. The van der Waals surface area contributed by atoms with Gasteiger partial charge in [0.2, 0.25) is 0 Å². The van der Waals surface area contributed by atoms with E-state index >= 15 is 0 Å². The number of rotatable bonds is 16. The van der Waals surface area contributed by atoms with Crippen molar-refractivity contribution >= 4 is 11.0 Å². The van der Waals surface area contributed by atoms with E-state index in [-0.39, 0.29) is 40.2 Å². The zero-order valence-corrected chi connectivity index (χ0v) is 62.2. The first-order valence-electron chi connectivity index (χ1n) is 34.9. The van der Waals surface area contributed by atoms with Crippen LogP contribution in [0.1, 0.15) is 0 Å². The Kier molecular flexibility index (Phi) is 19.8. The van der Waals surface area contributed by atoms with Crippen LogP contribution in [0.15, 0.2) is 358 Å². The van der Waals surface area contributed by atoms with E-state index in [0.717, 1.165) is 178 Å².